The van der Waals surface area contributed by atoms with E-state index in [9.17, 15) is 14.4 Å². The van der Waals surface area contributed by atoms with Gasteiger partial charge >= 0.3 is 17.9 Å². The van der Waals surface area contributed by atoms with Crippen LogP contribution >= 0.6 is 0 Å². The third-order valence-corrected chi connectivity index (χ3v) is 9.08. The lowest BCUT2D eigenvalue weighted by molar-refractivity contribution is -0.167. The van der Waals surface area contributed by atoms with E-state index in [1.54, 1.807) is 0 Å². The number of hydrogen-bond donors (Lipinski definition) is 0. The molecule has 0 amide bonds. The van der Waals surface area contributed by atoms with Crippen molar-refractivity contribution in [2.24, 2.45) is 0 Å². The van der Waals surface area contributed by atoms with E-state index >= 15 is 0 Å². The molecule has 0 saturated carbocycles. The van der Waals surface area contributed by atoms with Crippen molar-refractivity contribution in [1.29, 1.82) is 0 Å². The highest BCUT2D eigenvalue weighted by atomic mass is 16.6. The van der Waals surface area contributed by atoms with E-state index < -0.39 is 6.10 Å². The summed E-state index contributed by atoms with van der Waals surface area (Å²) in [7, 11) is 0. The third kappa shape index (κ3) is 43.2. The van der Waals surface area contributed by atoms with Gasteiger partial charge in [-0.15, -0.1) is 0 Å². The molecule has 6 heteroatoms. The summed E-state index contributed by atoms with van der Waals surface area (Å²) in [5.74, 6) is -1.04. The summed E-state index contributed by atoms with van der Waals surface area (Å²) in [5.41, 5.74) is 0. The molecule has 0 saturated heterocycles. The highest BCUT2D eigenvalue weighted by molar-refractivity contribution is 5.71. The molecule has 0 heterocycles. The molecule has 0 aliphatic carbocycles. The van der Waals surface area contributed by atoms with Crippen LogP contribution < -0.4 is 0 Å². The Bertz CT molecular complexity index is 1240. The molecule has 1 unspecified atom stereocenters. The minimum Gasteiger partial charge on any atom is -0.462 e. The van der Waals surface area contributed by atoms with E-state index in [0.717, 1.165) is 89.9 Å². The largest absolute Gasteiger partial charge is 0.462 e. The van der Waals surface area contributed by atoms with Crippen molar-refractivity contribution >= 4 is 17.9 Å². The molecule has 1 atom stereocenters. The predicted octanol–water partition coefficient (Wildman–Crippen LogP) is 14.8. The molecular weight excluding hydrogens is 721 g/mol. The van der Waals surface area contributed by atoms with Crippen molar-refractivity contribution in [2.75, 3.05) is 13.2 Å². The molecule has 0 aliphatic heterocycles. The summed E-state index contributed by atoms with van der Waals surface area (Å²) in [6.07, 6.45) is 60.8. The fourth-order valence-corrected chi connectivity index (χ4v) is 5.60. The number of rotatable bonds is 39. The summed E-state index contributed by atoms with van der Waals surface area (Å²) < 4.78 is 16.6. The van der Waals surface area contributed by atoms with Crippen LogP contribution in [0.5, 0.6) is 0 Å². The molecule has 0 aliphatic rings. The Morgan fingerprint density at radius 3 is 1.34 bits per heavy atom. The molecule has 0 radical (unpaired) electrons. The summed E-state index contributed by atoms with van der Waals surface area (Å²) in [6, 6.07) is 0. The van der Waals surface area contributed by atoms with E-state index in [-0.39, 0.29) is 44.0 Å². The van der Waals surface area contributed by atoms with Gasteiger partial charge in [0.1, 0.15) is 13.2 Å². The van der Waals surface area contributed by atoms with Crippen LogP contribution in [0.4, 0.5) is 0 Å². The van der Waals surface area contributed by atoms with Gasteiger partial charge < -0.3 is 14.2 Å². The van der Waals surface area contributed by atoms with Gasteiger partial charge in [0.2, 0.25) is 0 Å². The van der Waals surface area contributed by atoms with Crippen LogP contribution in [0, 0.1) is 0 Å². The van der Waals surface area contributed by atoms with E-state index in [4.69, 9.17) is 14.2 Å². The second-order valence-electron chi connectivity index (χ2n) is 14.7. The number of carbonyl (C=O) groups is 3. The van der Waals surface area contributed by atoms with Gasteiger partial charge in [-0.25, -0.2) is 0 Å². The molecule has 0 aromatic heterocycles. The maximum Gasteiger partial charge on any atom is 0.306 e. The first kappa shape index (κ1) is 54.1. The molecule has 0 bridgehead atoms. The van der Waals surface area contributed by atoms with Gasteiger partial charge in [0, 0.05) is 19.3 Å². The maximum atomic E-state index is 12.7. The first-order chi connectivity index (χ1) is 28.5. The number of unbranched alkanes of at least 4 members (excludes halogenated alkanes) is 13. The lowest BCUT2D eigenvalue weighted by Gasteiger charge is -2.18. The van der Waals surface area contributed by atoms with Gasteiger partial charge in [0.15, 0.2) is 6.10 Å². The van der Waals surface area contributed by atoms with Crippen molar-refractivity contribution in [3.05, 3.63) is 109 Å². The minimum atomic E-state index is -0.824. The van der Waals surface area contributed by atoms with Crippen molar-refractivity contribution < 1.29 is 28.6 Å². The van der Waals surface area contributed by atoms with Crippen molar-refractivity contribution in [3.63, 3.8) is 0 Å². The molecule has 0 rings (SSSR count). The van der Waals surface area contributed by atoms with E-state index in [2.05, 4.69) is 93.7 Å². The van der Waals surface area contributed by atoms with Crippen molar-refractivity contribution in [2.45, 2.75) is 187 Å². The second-order valence-corrected chi connectivity index (χ2v) is 14.7. The van der Waals surface area contributed by atoms with Crippen LogP contribution in [0.3, 0.4) is 0 Å². The Kier molecular flexibility index (Phi) is 42.7. The highest BCUT2D eigenvalue weighted by Gasteiger charge is 2.19. The van der Waals surface area contributed by atoms with Crippen molar-refractivity contribution in [1.82, 2.24) is 0 Å². The molecule has 326 valence electrons. The first-order valence-corrected chi connectivity index (χ1v) is 22.9. The Labute approximate surface area is 355 Å². The van der Waals surface area contributed by atoms with Crippen LogP contribution in [-0.2, 0) is 28.6 Å². The minimum absolute atomic E-state index is 0.120. The van der Waals surface area contributed by atoms with Crippen LogP contribution in [0.1, 0.15) is 181 Å². The van der Waals surface area contributed by atoms with Gasteiger partial charge in [-0.3, -0.25) is 14.4 Å². The van der Waals surface area contributed by atoms with Crippen LogP contribution in [0.25, 0.3) is 0 Å². The lowest BCUT2D eigenvalue weighted by Crippen LogP contribution is -2.30. The van der Waals surface area contributed by atoms with E-state index in [1.807, 2.05) is 36.5 Å². The topological polar surface area (TPSA) is 78.9 Å². The highest BCUT2D eigenvalue weighted by Crippen LogP contribution is 2.11. The quantitative estimate of drug-likeness (QED) is 0.0202. The molecule has 0 N–H and O–H groups in total. The maximum absolute atomic E-state index is 12.7. The Morgan fingerprint density at radius 1 is 0.379 bits per heavy atom. The van der Waals surface area contributed by atoms with Gasteiger partial charge in [0.25, 0.3) is 0 Å². The summed E-state index contributed by atoms with van der Waals surface area (Å²) >= 11 is 0. The molecular formula is C52H82O6. The number of hydrogen-bond acceptors (Lipinski definition) is 6. The Morgan fingerprint density at radius 2 is 0.776 bits per heavy atom. The van der Waals surface area contributed by atoms with Crippen molar-refractivity contribution in [3.8, 4) is 0 Å². The third-order valence-electron chi connectivity index (χ3n) is 9.08. The number of esters is 3. The summed E-state index contributed by atoms with van der Waals surface area (Å²) in [6.45, 7) is 6.29. The van der Waals surface area contributed by atoms with Gasteiger partial charge in [-0.1, -0.05) is 175 Å². The average molecular weight is 803 g/mol. The molecule has 0 spiro atoms. The zero-order valence-electron chi connectivity index (χ0n) is 37.0. The average Bonchev–Trinajstić information content (AvgIpc) is 3.22. The molecule has 0 aromatic carbocycles. The summed E-state index contributed by atoms with van der Waals surface area (Å²) in [5, 5.41) is 0. The number of ether oxygens (including phenoxy) is 3. The smallest absolute Gasteiger partial charge is 0.306 e. The van der Waals surface area contributed by atoms with Crippen LogP contribution in [0.15, 0.2) is 109 Å². The fraction of sp³-hybridized carbons (Fsp3) is 0.596. The zero-order valence-corrected chi connectivity index (χ0v) is 37.0. The number of allylic oxidation sites excluding steroid dienone is 18. The molecule has 0 fully saturated rings. The SMILES string of the molecule is CC\C=C/C=C\C=C/C=C\CCCCCC(=O)OC(COC(=O)CCC/C=C\C/C=C\C/C=C\C/C=C\CCCCC)COC(=O)CCCCCC/C=C\CCCC. The normalized spacial score (nSPS) is 13.1. The van der Waals surface area contributed by atoms with Gasteiger partial charge in [-0.2, -0.15) is 0 Å². The standard InChI is InChI=1S/C52H82O6/c1-4-7-10-13-16-19-22-24-25-26-27-29-30-33-36-39-42-45-51(54)57-48-49(47-56-50(53)44-41-38-35-32-21-18-15-12-9-6-3)58-52(55)46-43-40-37-34-31-28-23-20-17-14-11-8-5-2/h8,11,14-20,23-25,27-29,31,33,36,49H,4-7,9-10,12-13,21-22,26,30,32,34-35,37-48H2,1-3H3/b11-8-,17-14-,18-15-,19-16-,23-20-,25-24-,29-27-,31-28-,36-33-. The van der Waals surface area contributed by atoms with Gasteiger partial charge in [-0.05, 0) is 96.3 Å². The molecule has 58 heavy (non-hydrogen) atoms. The zero-order chi connectivity index (χ0) is 42.3. The number of carbonyl (C=O) groups excluding carboxylic acids is 3. The lowest BCUT2D eigenvalue weighted by atomic mass is 10.1. The molecule has 0 aromatic rings. The van der Waals surface area contributed by atoms with Gasteiger partial charge in [0.05, 0.1) is 0 Å². The molecule has 6 nitrogen and oxygen atoms in total. The van der Waals surface area contributed by atoms with Crippen LogP contribution in [-0.4, -0.2) is 37.2 Å². The monoisotopic (exact) mass is 803 g/mol. The van der Waals surface area contributed by atoms with E-state index in [1.165, 1.54) is 38.5 Å². The summed E-state index contributed by atoms with van der Waals surface area (Å²) in [4.78, 5) is 37.7. The predicted molar refractivity (Wildman–Crippen MR) is 247 cm³/mol. The van der Waals surface area contributed by atoms with E-state index in [0.29, 0.717) is 19.3 Å². The fourth-order valence-electron chi connectivity index (χ4n) is 5.60. The Balaban J connectivity index is 4.56. The second kappa shape index (κ2) is 45.8. The Hall–Kier alpha value is -3.93. The van der Waals surface area contributed by atoms with Crippen LogP contribution in [0.2, 0.25) is 0 Å². The first-order valence-electron chi connectivity index (χ1n) is 22.9.